The lowest BCUT2D eigenvalue weighted by molar-refractivity contribution is 0.472. The van der Waals surface area contributed by atoms with Crippen molar-refractivity contribution in [3.05, 3.63) is 48.0 Å². The highest BCUT2D eigenvalue weighted by molar-refractivity contribution is 5.36. The zero-order valence-corrected chi connectivity index (χ0v) is 9.05. The first-order valence-electron chi connectivity index (χ1n) is 5.03. The molecule has 0 aliphatic rings. The molecule has 2 heterocycles. The number of pyridine rings is 2. The summed E-state index contributed by atoms with van der Waals surface area (Å²) in [6.07, 6.45) is 5.10. The van der Waals surface area contributed by atoms with Crippen LogP contribution in [0.1, 0.15) is 11.3 Å². The third-order valence-electron chi connectivity index (χ3n) is 2.16. The maximum Gasteiger partial charge on any atom is 0.145 e. The summed E-state index contributed by atoms with van der Waals surface area (Å²) in [6.45, 7) is 2.32. The Hall–Kier alpha value is -1.94. The van der Waals surface area contributed by atoms with E-state index in [-0.39, 0.29) is 0 Å². The number of hydrogen-bond donors (Lipinski definition) is 1. The molecular weight excluding hydrogens is 202 g/mol. The molecule has 0 aromatic carbocycles. The molecule has 16 heavy (non-hydrogen) atoms. The molecule has 0 unspecified atom stereocenters. The summed E-state index contributed by atoms with van der Waals surface area (Å²) in [7, 11) is 0. The van der Waals surface area contributed by atoms with E-state index in [2.05, 4.69) is 9.97 Å². The van der Waals surface area contributed by atoms with Crippen LogP contribution in [0.25, 0.3) is 0 Å². The van der Waals surface area contributed by atoms with Gasteiger partial charge in [-0.3, -0.25) is 9.97 Å². The predicted octanol–water partition coefficient (Wildman–Crippen LogP) is 2.04. The average Bonchev–Trinajstić information content (AvgIpc) is 2.31. The fraction of sp³-hybridized carbons (Fsp3) is 0.167. The number of aromatic nitrogens is 2. The van der Waals surface area contributed by atoms with Crippen LogP contribution >= 0.6 is 0 Å². The van der Waals surface area contributed by atoms with Gasteiger partial charge in [-0.1, -0.05) is 0 Å². The minimum atomic E-state index is 0.406. The summed E-state index contributed by atoms with van der Waals surface area (Å²) in [5.74, 6) is 1.44. The van der Waals surface area contributed by atoms with Crippen LogP contribution < -0.4 is 10.5 Å². The van der Waals surface area contributed by atoms with E-state index in [9.17, 15) is 0 Å². The number of nitrogens with zero attached hydrogens (tertiary/aromatic N) is 2. The van der Waals surface area contributed by atoms with Gasteiger partial charge in [0.05, 0.1) is 6.20 Å². The Bertz CT molecular complexity index is 471. The summed E-state index contributed by atoms with van der Waals surface area (Å²) in [6, 6.07) is 5.55. The fourth-order valence-electron chi connectivity index (χ4n) is 1.35. The SMILES string of the molecule is Cc1cc(Oc2cccnc2)c(CN)cn1. The van der Waals surface area contributed by atoms with Gasteiger partial charge in [-0.25, -0.2) is 0 Å². The van der Waals surface area contributed by atoms with Crippen LogP contribution in [0.2, 0.25) is 0 Å². The summed E-state index contributed by atoms with van der Waals surface area (Å²) in [5.41, 5.74) is 7.40. The molecule has 0 amide bonds. The Labute approximate surface area is 94.1 Å². The van der Waals surface area contributed by atoms with Crippen molar-refractivity contribution in [1.82, 2.24) is 9.97 Å². The molecule has 4 nitrogen and oxygen atoms in total. The molecule has 82 valence electrons. The zero-order chi connectivity index (χ0) is 11.4. The van der Waals surface area contributed by atoms with Crippen LogP contribution in [0, 0.1) is 6.92 Å². The van der Waals surface area contributed by atoms with Gasteiger partial charge < -0.3 is 10.5 Å². The van der Waals surface area contributed by atoms with Crippen molar-refractivity contribution >= 4 is 0 Å². The molecule has 0 saturated heterocycles. The number of nitrogens with two attached hydrogens (primary N) is 1. The Morgan fingerprint density at radius 2 is 2.25 bits per heavy atom. The monoisotopic (exact) mass is 215 g/mol. The molecule has 0 atom stereocenters. The molecule has 2 aromatic heterocycles. The van der Waals surface area contributed by atoms with E-state index >= 15 is 0 Å². The molecule has 0 saturated carbocycles. The van der Waals surface area contributed by atoms with E-state index in [1.807, 2.05) is 25.1 Å². The van der Waals surface area contributed by atoms with Gasteiger partial charge in [0, 0.05) is 36.3 Å². The second kappa shape index (κ2) is 4.72. The van der Waals surface area contributed by atoms with Gasteiger partial charge in [-0.15, -0.1) is 0 Å². The molecule has 0 aliphatic carbocycles. The summed E-state index contributed by atoms with van der Waals surface area (Å²) >= 11 is 0. The molecule has 4 heteroatoms. The Morgan fingerprint density at radius 1 is 1.38 bits per heavy atom. The van der Waals surface area contributed by atoms with Crippen LogP contribution in [-0.4, -0.2) is 9.97 Å². The lowest BCUT2D eigenvalue weighted by Crippen LogP contribution is -2.01. The molecule has 2 aromatic rings. The third kappa shape index (κ3) is 2.35. The van der Waals surface area contributed by atoms with E-state index in [0.717, 1.165) is 17.0 Å². The van der Waals surface area contributed by atoms with Gasteiger partial charge in [0.15, 0.2) is 0 Å². The molecule has 0 spiro atoms. The maximum atomic E-state index is 5.70. The van der Waals surface area contributed by atoms with E-state index < -0.39 is 0 Å². The van der Waals surface area contributed by atoms with E-state index in [0.29, 0.717) is 12.3 Å². The number of rotatable bonds is 3. The van der Waals surface area contributed by atoms with E-state index in [4.69, 9.17) is 10.5 Å². The van der Waals surface area contributed by atoms with Gasteiger partial charge in [0.2, 0.25) is 0 Å². The second-order valence-electron chi connectivity index (χ2n) is 3.43. The lowest BCUT2D eigenvalue weighted by Gasteiger charge is -2.09. The molecule has 2 rings (SSSR count). The topological polar surface area (TPSA) is 61.0 Å². The number of aryl methyl sites for hydroxylation is 1. The van der Waals surface area contributed by atoms with Crippen LogP contribution in [0.15, 0.2) is 36.8 Å². The van der Waals surface area contributed by atoms with Crippen LogP contribution in [-0.2, 0) is 6.54 Å². The zero-order valence-electron chi connectivity index (χ0n) is 9.05. The smallest absolute Gasteiger partial charge is 0.145 e. The minimum Gasteiger partial charge on any atom is -0.455 e. The highest BCUT2D eigenvalue weighted by Crippen LogP contribution is 2.24. The first-order valence-corrected chi connectivity index (χ1v) is 5.03. The highest BCUT2D eigenvalue weighted by Gasteiger charge is 2.04. The van der Waals surface area contributed by atoms with Gasteiger partial charge in [0.1, 0.15) is 11.5 Å². The molecule has 0 bridgehead atoms. The highest BCUT2D eigenvalue weighted by atomic mass is 16.5. The van der Waals surface area contributed by atoms with Crippen LogP contribution in [0.5, 0.6) is 11.5 Å². The first kappa shape index (κ1) is 10.6. The van der Waals surface area contributed by atoms with Gasteiger partial charge >= 0.3 is 0 Å². The van der Waals surface area contributed by atoms with Crippen molar-refractivity contribution < 1.29 is 4.74 Å². The van der Waals surface area contributed by atoms with Crippen LogP contribution in [0.3, 0.4) is 0 Å². The minimum absolute atomic E-state index is 0.406. The third-order valence-corrected chi connectivity index (χ3v) is 2.16. The van der Waals surface area contributed by atoms with E-state index in [1.54, 1.807) is 18.6 Å². The molecule has 0 fully saturated rings. The van der Waals surface area contributed by atoms with Crippen molar-refractivity contribution in [1.29, 1.82) is 0 Å². The van der Waals surface area contributed by atoms with Gasteiger partial charge in [0.25, 0.3) is 0 Å². The summed E-state index contributed by atoms with van der Waals surface area (Å²) in [4.78, 5) is 8.16. The normalized spacial score (nSPS) is 10.1. The molecular formula is C12H13N3O. The van der Waals surface area contributed by atoms with Crippen molar-refractivity contribution in [2.75, 3.05) is 0 Å². The van der Waals surface area contributed by atoms with E-state index in [1.165, 1.54) is 0 Å². The lowest BCUT2D eigenvalue weighted by atomic mass is 10.2. The summed E-state index contributed by atoms with van der Waals surface area (Å²) < 4.78 is 5.70. The average molecular weight is 215 g/mol. The van der Waals surface area contributed by atoms with Crippen LogP contribution in [0.4, 0.5) is 0 Å². The Balaban J connectivity index is 2.30. The van der Waals surface area contributed by atoms with Crippen molar-refractivity contribution in [3.63, 3.8) is 0 Å². The van der Waals surface area contributed by atoms with Crippen molar-refractivity contribution in [3.8, 4) is 11.5 Å². The number of ether oxygens (including phenoxy) is 1. The maximum absolute atomic E-state index is 5.70. The number of hydrogen-bond acceptors (Lipinski definition) is 4. The van der Waals surface area contributed by atoms with Crippen molar-refractivity contribution in [2.24, 2.45) is 5.73 Å². The van der Waals surface area contributed by atoms with Gasteiger partial charge in [-0.05, 0) is 19.1 Å². The molecule has 0 aliphatic heterocycles. The molecule has 2 N–H and O–H groups in total. The first-order chi connectivity index (χ1) is 7.79. The molecule has 0 radical (unpaired) electrons. The summed E-state index contributed by atoms with van der Waals surface area (Å²) in [5, 5.41) is 0. The quantitative estimate of drug-likeness (QED) is 0.851. The Kier molecular flexibility index (Phi) is 3.12. The fourth-order valence-corrected chi connectivity index (χ4v) is 1.35. The predicted molar refractivity (Wildman–Crippen MR) is 61.2 cm³/mol. The Morgan fingerprint density at radius 3 is 2.94 bits per heavy atom. The largest absolute Gasteiger partial charge is 0.455 e. The van der Waals surface area contributed by atoms with Gasteiger partial charge in [-0.2, -0.15) is 0 Å². The standard InChI is InChI=1S/C12H13N3O/c1-9-5-12(10(6-13)7-15-9)16-11-3-2-4-14-8-11/h2-5,7-8H,6,13H2,1H3. The second-order valence-corrected chi connectivity index (χ2v) is 3.43. The van der Waals surface area contributed by atoms with Crippen molar-refractivity contribution in [2.45, 2.75) is 13.5 Å².